The highest BCUT2D eigenvalue weighted by atomic mass is 16.3. The summed E-state index contributed by atoms with van der Waals surface area (Å²) in [6.07, 6.45) is 2.99. The normalized spacial score (nSPS) is 10.8. The topological polar surface area (TPSA) is 79.4 Å². The fourth-order valence-electron chi connectivity index (χ4n) is 1.45. The van der Waals surface area contributed by atoms with E-state index >= 15 is 0 Å². The molecule has 78 valence electrons. The van der Waals surface area contributed by atoms with E-state index in [0.717, 1.165) is 5.56 Å². The molecular weight excluding hydrogens is 180 g/mol. The number of aromatic nitrogens is 1. The third-order valence-electron chi connectivity index (χ3n) is 2.24. The zero-order chi connectivity index (χ0) is 10.4. The minimum atomic E-state index is 0.120. The number of nitrogen functional groups attached to an aromatic ring is 1. The number of anilines is 1. The maximum atomic E-state index is 8.85. The van der Waals surface area contributed by atoms with Crippen molar-refractivity contribution in [2.45, 2.75) is 18.8 Å². The van der Waals surface area contributed by atoms with Crippen LogP contribution in [0.15, 0.2) is 18.3 Å². The monoisotopic (exact) mass is 196 g/mol. The van der Waals surface area contributed by atoms with Crippen LogP contribution in [0.4, 0.5) is 5.82 Å². The summed E-state index contributed by atoms with van der Waals surface area (Å²) in [5.41, 5.74) is 6.48. The molecule has 0 saturated heterocycles. The van der Waals surface area contributed by atoms with E-state index in [2.05, 4.69) is 4.98 Å². The molecule has 0 aliphatic heterocycles. The fourth-order valence-corrected chi connectivity index (χ4v) is 1.45. The predicted octanol–water partition coefficient (Wildman–Crippen LogP) is 0.512. The van der Waals surface area contributed by atoms with E-state index in [9.17, 15) is 0 Å². The van der Waals surface area contributed by atoms with Crippen molar-refractivity contribution in [1.29, 1.82) is 0 Å². The molecule has 0 bridgehead atoms. The zero-order valence-electron chi connectivity index (χ0n) is 8.06. The first-order valence-electron chi connectivity index (χ1n) is 4.71. The molecule has 14 heavy (non-hydrogen) atoms. The maximum absolute atomic E-state index is 8.85. The zero-order valence-corrected chi connectivity index (χ0v) is 8.06. The van der Waals surface area contributed by atoms with Crippen LogP contribution in [0.2, 0.25) is 0 Å². The molecule has 4 nitrogen and oxygen atoms in total. The van der Waals surface area contributed by atoms with Crippen molar-refractivity contribution in [2.24, 2.45) is 0 Å². The third-order valence-corrected chi connectivity index (χ3v) is 2.24. The lowest BCUT2D eigenvalue weighted by atomic mass is 9.94. The summed E-state index contributed by atoms with van der Waals surface area (Å²) in [6.45, 7) is 0.240. The third kappa shape index (κ3) is 2.97. The van der Waals surface area contributed by atoms with E-state index in [0.29, 0.717) is 18.7 Å². The summed E-state index contributed by atoms with van der Waals surface area (Å²) in [5, 5.41) is 17.7. The van der Waals surface area contributed by atoms with Crippen LogP contribution in [0.5, 0.6) is 0 Å². The van der Waals surface area contributed by atoms with Crippen molar-refractivity contribution in [2.75, 3.05) is 18.9 Å². The summed E-state index contributed by atoms with van der Waals surface area (Å²) in [7, 11) is 0. The van der Waals surface area contributed by atoms with Gasteiger partial charge in [-0.1, -0.05) is 6.07 Å². The second kappa shape index (κ2) is 5.57. The van der Waals surface area contributed by atoms with Gasteiger partial charge in [-0.2, -0.15) is 0 Å². The Balaban J connectivity index is 2.71. The summed E-state index contributed by atoms with van der Waals surface area (Å²) < 4.78 is 0. The van der Waals surface area contributed by atoms with Crippen LogP contribution in [0.3, 0.4) is 0 Å². The standard InChI is InChI=1S/C10H16N2O2/c11-10-2-1-9(7-12-10)8(3-5-13)4-6-14/h1-2,7-8,13-14H,3-6H2,(H2,11,12). The van der Waals surface area contributed by atoms with E-state index in [1.807, 2.05) is 6.07 Å². The van der Waals surface area contributed by atoms with Crippen molar-refractivity contribution in [3.63, 3.8) is 0 Å². The van der Waals surface area contributed by atoms with E-state index in [-0.39, 0.29) is 19.1 Å². The van der Waals surface area contributed by atoms with Crippen LogP contribution >= 0.6 is 0 Å². The summed E-state index contributed by atoms with van der Waals surface area (Å²) >= 11 is 0. The van der Waals surface area contributed by atoms with Gasteiger partial charge in [0.25, 0.3) is 0 Å². The van der Waals surface area contributed by atoms with Gasteiger partial charge in [-0.3, -0.25) is 0 Å². The number of rotatable bonds is 5. The van der Waals surface area contributed by atoms with Crippen molar-refractivity contribution in [3.05, 3.63) is 23.9 Å². The van der Waals surface area contributed by atoms with Crippen molar-refractivity contribution in [3.8, 4) is 0 Å². The van der Waals surface area contributed by atoms with Gasteiger partial charge >= 0.3 is 0 Å². The second-order valence-corrected chi connectivity index (χ2v) is 3.24. The van der Waals surface area contributed by atoms with Crippen molar-refractivity contribution < 1.29 is 10.2 Å². The highest BCUT2D eigenvalue weighted by molar-refractivity contribution is 5.30. The van der Waals surface area contributed by atoms with Gasteiger partial charge in [0.05, 0.1) is 0 Å². The van der Waals surface area contributed by atoms with Crippen LogP contribution in [-0.2, 0) is 0 Å². The SMILES string of the molecule is Nc1ccc(C(CCO)CCO)cn1. The predicted molar refractivity (Wildman–Crippen MR) is 54.8 cm³/mol. The average molecular weight is 196 g/mol. The Morgan fingerprint density at radius 2 is 1.86 bits per heavy atom. The van der Waals surface area contributed by atoms with Crippen LogP contribution in [-0.4, -0.2) is 28.4 Å². The molecule has 4 N–H and O–H groups in total. The minimum Gasteiger partial charge on any atom is -0.396 e. The Morgan fingerprint density at radius 1 is 1.21 bits per heavy atom. The highest BCUT2D eigenvalue weighted by Crippen LogP contribution is 2.22. The molecule has 1 aromatic heterocycles. The quantitative estimate of drug-likeness (QED) is 0.641. The van der Waals surface area contributed by atoms with Crippen LogP contribution in [0.25, 0.3) is 0 Å². The minimum absolute atomic E-state index is 0.120. The summed E-state index contributed by atoms with van der Waals surface area (Å²) in [4.78, 5) is 3.98. The maximum Gasteiger partial charge on any atom is 0.123 e. The lowest BCUT2D eigenvalue weighted by Gasteiger charge is -2.14. The lowest BCUT2D eigenvalue weighted by Crippen LogP contribution is -2.05. The first-order chi connectivity index (χ1) is 6.77. The molecule has 0 spiro atoms. The van der Waals surface area contributed by atoms with Crippen LogP contribution < -0.4 is 5.73 Å². The molecule has 0 aliphatic carbocycles. The Bertz CT molecular complexity index is 255. The fraction of sp³-hybridized carbons (Fsp3) is 0.500. The molecule has 0 atom stereocenters. The van der Waals surface area contributed by atoms with E-state index in [1.165, 1.54) is 0 Å². The Morgan fingerprint density at radius 3 is 2.29 bits per heavy atom. The summed E-state index contributed by atoms with van der Waals surface area (Å²) in [5.74, 6) is 0.651. The number of aliphatic hydroxyl groups is 2. The van der Waals surface area contributed by atoms with Crippen molar-refractivity contribution >= 4 is 5.82 Å². The van der Waals surface area contributed by atoms with Crippen LogP contribution in [0.1, 0.15) is 24.3 Å². The first kappa shape index (κ1) is 10.9. The first-order valence-corrected chi connectivity index (χ1v) is 4.71. The Kier molecular flexibility index (Phi) is 4.35. The molecule has 0 unspecified atom stereocenters. The molecular formula is C10H16N2O2. The largest absolute Gasteiger partial charge is 0.396 e. The van der Waals surface area contributed by atoms with Gasteiger partial charge in [-0.05, 0) is 30.4 Å². The summed E-state index contributed by atoms with van der Waals surface area (Å²) in [6, 6.07) is 3.62. The number of nitrogens with zero attached hydrogens (tertiary/aromatic N) is 1. The Hall–Kier alpha value is -1.13. The van der Waals surface area contributed by atoms with Gasteiger partial charge in [0.2, 0.25) is 0 Å². The number of hydrogen-bond acceptors (Lipinski definition) is 4. The average Bonchev–Trinajstić information content (AvgIpc) is 2.19. The van der Waals surface area contributed by atoms with Gasteiger partial charge in [0.15, 0.2) is 0 Å². The van der Waals surface area contributed by atoms with Gasteiger partial charge in [0.1, 0.15) is 5.82 Å². The molecule has 0 fully saturated rings. The van der Waals surface area contributed by atoms with E-state index < -0.39 is 0 Å². The lowest BCUT2D eigenvalue weighted by molar-refractivity contribution is 0.242. The smallest absolute Gasteiger partial charge is 0.123 e. The van der Waals surface area contributed by atoms with E-state index in [4.69, 9.17) is 15.9 Å². The van der Waals surface area contributed by atoms with Gasteiger partial charge in [-0.25, -0.2) is 4.98 Å². The second-order valence-electron chi connectivity index (χ2n) is 3.24. The van der Waals surface area contributed by atoms with Crippen LogP contribution in [0, 0.1) is 0 Å². The van der Waals surface area contributed by atoms with Gasteiger partial charge < -0.3 is 15.9 Å². The number of pyridine rings is 1. The number of nitrogens with two attached hydrogens (primary N) is 1. The van der Waals surface area contributed by atoms with Gasteiger partial charge in [-0.15, -0.1) is 0 Å². The molecule has 0 aliphatic rings. The number of hydrogen-bond donors (Lipinski definition) is 3. The highest BCUT2D eigenvalue weighted by Gasteiger charge is 2.10. The molecule has 0 amide bonds. The molecule has 4 heteroatoms. The molecule has 1 rings (SSSR count). The molecule has 0 radical (unpaired) electrons. The molecule has 1 heterocycles. The van der Waals surface area contributed by atoms with E-state index in [1.54, 1.807) is 12.3 Å². The number of aliphatic hydroxyl groups excluding tert-OH is 2. The molecule has 0 saturated carbocycles. The van der Waals surface area contributed by atoms with Crippen molar-refractivity contribution in [1.82, 2.24) is 4.98 Å². The van der Waals surface area contributed by atoms with Gasteiger partial charge in [0, 0.05) is 19.4 Å². The molecule has 1 aromatic rings. The Labute approximate surface area is 83.4 Å². The molecule has 0 aromatic carbocycles.